The Hall–Kier alpha value is -1.61. The summed E-state index contributed by atoms with van der Waals surface area (Å²) >= 11 is 0. The first kappa shape index (κ1) is 12.8. The predicted octanol–water partition coefficient (Wildman–Crippen LogP) is 2.51. The summed E-state index contributed by atoms with van der Waals surface area (Å²) in [6.45, 7) is 1.99. The molecule has 0 bridgehead atoms. The molecule has 1 saturated heterocycles. The first-order valence-corrected chi connectivity index (χ1v) is 6.13. The van der Waals surface area contributed by atoms with Crippen molar-refractivity contribution in [1.29, 1.82) is 0 Å². The van der Waals surface area contributed by atoms with E-state index in [1.807, 2.05) is 25.1 Å². The standard InChI is InChI=1S/C15H18O3/c1-15(11-10-14(16)17-2)13(18-15)9-8-12-6-4-3-5-7-12/h3-7,10-11,13H,8-9H2,1-2H3/b11-10+/t13-,15-/m1/s1. The Morgan fingerprint density at radius 2 is 2.17 bits per heavy atom. The highest BCUT2D eigenvalue weighted by atomic mass is 16.6. The van der Waals surface area contributed by atoms with Crippen LogP contribution >= 0.6 is 0 Å². The highest BCUT2D eigenvalue weighted by molar-refractivity contribution is 5.82. The van der Waals surface area contributed by atoms with Crippen LogP contribution in [0.4, 0.5) is 0 Å². The zero-order valence-corrected chi connectivity index (χ0v) is 10.8. The molecule has 1 heterocycles. The first-order valence-electron chi connectivity index (χ1n) is 6.13. The van der Waals surface area contributed by atoms with Crippen molar-refractivity contribution in [3.63, 3.8) is 0 Å². The molecule has 0 aliphatic carbocycles. The van der Waals surface area contributed by atoms with Crippen molar-refractivity contribution in [2.75, 3.05) is 7.11 Å². The van der Waals surface area contributed by atoms with Gasteiger partial charge < -0.3 is 9.47 Å². The topological polar surface area (TPSA) is 38.8 Å². The van der Waals surface area contributed by atoms with E-state index in [1.165, 1.54) is 18.7 Å². The minimum Gasteiger partial charge on any atom is -0.466 e. The van der Waals surface area contributed by atoms with E-state index in [0.717, 1.165) is 12.8 Å². The number of aryl methyl sites for hydroxylation is 1. The molecule has 0 aromatic heterocycles. The van der Waals surface area contributed by atoms with Crippen LogP contribution in [-0.2, 0) is 20.7 Å². The molecule has 2 rings (SSSR count). The lowest BCUT2D eigenvalue weighted by molar-refractivity contribution is -0.134. The normalized spacial score (nSPS) is 26.2. The number of ether oxygens (including phenoxy) is 2. The molecule has 1 aliphatic rings. The van der Waals surface area contributed by atoms with E-state index in [4.69, 9.17) is 4.74 Å². The second-order valence-corrected chi connectivity index (χ2v) is 4.67. The molecule has 0 spiro atoms. The maximum atomic E-state index is 11.0. The summed E-state index contributed by atoms with van der Waals surface area (Å²) in [6, 6.07) is 10.3. The molecule has 1 aromatic rings. The van der Waals surface area contributed by atoms with Crippen LogP contribution in [0.5, 0.6) is 0 Å². The summed E-state index contributed by atoms with van der Waals surface area (Å²) < 4.78 is 10.2. The fourth-order valence-corrected chi connectivity index (χ4v) is 2.01. The molecule has 3 nitrogen and oxygen atoms in total. The van der Waals surface area contributed by atoms with Gasteiger partial charge in [-0.05, 0) is 31.4 Å². The van der Waals surface area contributed by atoms with Gasteiger partial charge in [-0.15, -0.1) is 0 Å². The van der Waals surface area contributed by atoms with Crippen LogP contribution in [0.3, 0.4) is 0 Å². The molecule has 0 N–H and O–H groups in total. The fraction of sp³-hybridized carbons (Fsp3) is 0.400. The third kappa shape index (κ3) is 3.20. The van der Waals surface area contributed by atoms with Gasteiger partial charge in [0.15, 0.2) is 0 Å². The third-order valence-electron chi connectivity index (χ3n) is 3.27. The molecule has 3 heteroatoms. The van der Waals surface area contributed by atoms with Crippen molar-refractivity contribution in [2.45, 2.75) is 31.5 Å². The van der Waals surface area contributed by atoms with Gasteiger partial charge in [-0.1, -0.05) is 30.3 Å². The highest BCUT2D eigenvalue weighted by Gasteiger charge is 2.49. The quantitative estimate of drug-likeness (QED) is 0.455. The smallest absolute Gasteiger partial charge is 0.330 e. The summed E-state index contributed by atoms with van der Waals surface area (Å²) in [5.41, 5.74) is 1.01. The van der Waals surface area contributed by atoms with Crippen LogP contribution < -0.4 is 0 Å². The SMILES string of the molecule is COC(=O)/C=C/[C@@]1(C)O[C@@H]1CCc1ccccc1. The van der Waals surface area contributed by atoms with Crippen LogP contribution in [-0.4, -0.2) is 24.8 Å². The summed E-state index contributed by atoms with van der Waals surface area (Å²) in [6.07, 6.45) is 5.37. The monoisotopic (exact) mass is 246 g/mol. The van der Waals surface area contributed by atoms with Gasteiger partial charge in [0.2, 0.25) is 0 Å². The number of rotatable bonds is 5. The lowest BCUT2D eigenvalue weighted by Gasteiger charge is -2.00. The molecule has 0 saturated carbocycles. The van der Waals surface area contributed by atoms with Crippen molar-refractivity contribution in [3.05, 3.63) is 48.0 Å². The van der Waals surface area contributed by atoms with E-state index in [2.05, 4.69) is 16.9 Å². The number of esters is 1. The zero-order chi connectivity index (χ0) is 13.0. The summed E-state index contributed by atoms with van der Waals surface area (Å²) in [7, 11) is 1.37. The van der Waals surface area contributed by atoms with Crippen molar-refractivity contribution < 1.29 is 14.3 Å². The number of hydrogen-bond donors (Lipinski definition) is 0. The molecule has 1 fully saturated rings. The molecule has 0 radical (unpaired) electrons. The number of benzene rings is 1. The van der Waals surface area contributed by atoms with Crippen molar-refractivity contribution in [3.8, 4) is 0 Å². The van der Waals surface area contributed by atoms with Crippen LogP contribution in [0.15, 0.2) is 42.5 Å². The van der Waals surface area contributed by atoms with Gasteiger partial charge in [-0.2, -0.15) is 0 Å². The molecule has 2 atom stereocenters. The van der Waals surface area contributed by atoms with Gasteiger partial charge in [0, 0.05) is 6.08 Å². The number of carbonyl (C=O) groups excluding carboxylic acids is 1. The number of hydrogen-bond acceptors (Lipinski definition) is 3. The highest BCUT2D eigenvalue weighted by Crippen LogP contribution is 2.40. The molecule has 1 aliphatic heterocycles. The Morgan fingerprint density at radius 3 is 2.83 bits per heavy atom. The molecule has 0 amide bonds. The Bertz CT molecular complexity index is 438. The number of epoxide rings is 1. The minimum atomic E-state index is -0.339. The minimum absolute atomic E-state index is 0.193. The molecule has 0 unspecified atom stereocenters. The number of carbonyl (C=O) groups is 1. The van der Waals surface area contributed by atoms with E-state index < -0.39 is 0 Å². The molecular weight excluding hydrogens is 228 g/mol. The summed E-state index contributed by atoms with van der Waals surface area (Å²) in [5.74, 6) is -0.339. The van der Waals surface area contributed by atoms with Crippen molar-refractivity contribution in [2.24, 2.45) is 0 Å². The van der Waals surface area contributed by atoms with Gasteiger partial charge in [0.25, 0.3) is 0 Å². The second kappa shape index (κ2) is 5.36. The average molecular weight is 246 g/mol. The van der Waals surface area contributed by atoms with E-state index in [-0.39, 0.29) is 17.7 Å². The van der Waals surface area contributed by atoms with Gasteiger partial charge in [-0.25, -0.2) is 4.79 Å². The lowest BCUT2D eigenvalue weighted by atomic mass is 10.0. The molecule has 1 aromatic carbocycles. The molecule has 96 valence electrons. The molecule has 18 heavy (non-hydrogen) atoms. The fourth-order valence-electron chi connectivity index (χ4n) is 2.01. The average Bonchev–Trinajstić information content (AvgIpc) is 3.06. The lowest BCUT2D eigenvalue weighted by Crippen LogP contribution is -2.08. The van der Waals surface area contributed by atoms with E-state index in [1.54, 1.807) is 6.08 Å². The van der Waals surface area contributed by atoms with Crippen LogP contribution in [0.2, 0.25) is 0 Å². The van der Waals surface area contributed by atoms with Crippen LogP contribution in [0.25, 0.3) is 0 Å². The maximum absolute atomic E-state index is 11.0. The second-order valence-electron chi connectivity index (χ2n) is 4.67. The Labute approximate surface area is 107 Å². The number of methoxy groups -OCH3 is 1. The first-order chi connectivity index (χ1) is 8.64. The largest absolute Gasteiger partial charge is 0.466 e. The maximum Gasteiger partial charge on any atom is 0.330 e. The van der Waals surface area contributed by atoms with Crippen molar-refractivity contribution >= 4 is 5.97 Å². The van der Waals surface area contributed by atoms with E-state index in [9.17, 15) is 4.79 Å². The van der Waals surface area contributed by atoms with Crippen molar-refractivity contribution in [1.82, 2.24) is 0 Å². The van der Waals surface area contributed by atoms with E-state index in [0.29, 0.717) is 0 Å². The Balaban J connectivity index is 1.80. The Morgan fingerprint density at radius 1 is 1.44 bits per heavy atom. The van der Waals surface area contributed by atoms with Crippen LogP contribution in [0.1, 0.15) is 18.9 Å². The van der Waals surface area contributed by atoms with Gasteiger partial charge in [-0.3, -0.25) is 0 Å². The summed E-state index contributed by atoms with van der Waals surface area (Å²) in [5, 5.41) is 0. The molecular formula is C15H18O3. The third-order valence-corrected chi connectivity index (χ3v) is 3.27. The zero-order valence-electron chi connectivity index (χ0n) is 10.8. The van der Waals surface area contributed by atoms with E-state index >= 15 is 0 Å². The van der Waals surface area contributed by atoms with Gasteiger partial charge in [0.05, 0.1) is 13.2 Å². The Kier molecular flexibility index (Phi) is 3.82. The van der Waals surface area contributed by atoms with Crippen LogP contribution in [0, 0.1) is 0 Å². The summed E-state index contributed by atoms with van der Waals surface area (Å²) in [4.78, 5) is 11.0. The van der Waals surface area contributed by atoms with Gasteiger partial charge >= 0.3 is 5.97 Å². The van der Waals surface area contributed by atoms with Gasteiger partial charge in [0.1, 0.15) is 5.60 Å². The predicted molar refractivity (Wildman–Crippen MR) is 69.2 cm³/mol.